The standard InChI is InChI=1S/C32H44N4O.C2HF3O2/c1-22-13-14-27-29(35-22)17-23(2)34-21-32(27)20-33-19-28(32)31(37)36-16-15-26(24-9-5-3-6-10-24)18-30(36)25-11-7-4-8-12-25;3-2(4,5)1(6)7/h3,5-6,9-10,13-14,23,25-26,28,30,33-34H,4,7-8,11-12,15-21H2,1-2H3;(H,6,7)/p+2/t23?,26-,28?,30+,32-;/m1./s1. The molecule has 7 nitrogen and oxygen atoms in total. The van der Waals surface area contributed by atoms with Crippen molar-refractivity contribution in [2.24, 2.45) is 11.8 Å². The van der Waals surface area contributed by atoms with Gasteiger partial charge in [-0.25, -0.2) is 4.98 Å². The van der Waals surface area contributed by atoms with Crippen molar-refractivity contribution in [3.8, 4) is 0 Å². The highest BCUT2D eigenvalue weighted by molar-refractivity contribution is 5.82. The fraction of sp³-hybridized carbons (Fsp3) is 0.618. The molecule has 3 fully saturated rings. The molecule has 4 aliphatic rings. The zero-order chi connectivity index (χ0) is 31.5. The first-order valence-corrected chi connectivity index (χ1v) is 16.3. The fourth-order valence-electron chi connectivity index (χ4n) is 8.41. The van der Waals surface area contributed by atoms with Crippen molar-refractivity contribution in [2.45, 2.75) is 94.8 Å². The maximum Gasteiger partial charge on any atom is 0.430 e. The van der Waals surface area contributed by atoms with Gasteiger partial charge in [-0.1, -0.05) is 49.6 Å². The molecule has 240 valence electrons. The van der Waals surface area contributed by atoms with Crippen molar-refractivity contribution in [3.63, 3.8) is 0 Å². The van der Waals surface area contributed by atoms with Gasteiger partial charge in [0.15, 0.2) is 11.4 Å². The molecule has 0 radical (unpaired) electrons. The third-order valence-electron chi connectivity index (χ3n) is 10.6. The predicted molar refractivity (Wildman–Crippen MR) is 156 cm³/mol. The van der Waals surface area contributed by atoms with Crippen LogP contribution in [-0.4, -0.2) is 61.2 Å². The number of amides is 1. The summed E-state index contributed by atoms with van der Waals surface area (Å²) in [5.74, 6) is -1.26. The SMILES string of the molecule is Cc1ccc2c([nH+]1)CC(C)[NH2+]C[C@]21C[NH2+]CC1C(=O)N1CC[C@@H](c2ccccc2)C[C@H]1C1CCCCC1.O=C([O-])C(F)(F)F. The number of halogens is 3. The van der Waals surface area contributed by atoms with Gasteiger partial charge in [0.25, 0.3) is 0 Å². The van der Waals surface area contributed by atoms with Gasteiger partial charge in [0.05, 0.1) is 32.1 Å². The number of H-pyrrole nitrogens is 1. The van der Waals surface area contributed by atoms with Crippen molar-refractivity contribution < 1.29 is 43.5 Å². The summed E-state index contributed by atoms with van der Waals surface area (Å²) >= 11 is 0. The molecule has 4 heterocycles. The maximum absolute atomic E-state index is 14.7. The van der Waals surface area contributed by atoms with E-state index in [9.17, 15) is 18.0 Å². The van der Waals surface area contributed by atoms with Crippen molar-refractivity contribution in [1.82, 2.24) is 4.90 Å². The van der Waals surface area contributed by atoms with Crippen LogP contribution < -0.4 is 20.7 Å². The molecule has 10 heteroatoms. The number of nitrogens with two attached hydrogens (primary N) is 2. The number of fused-ring (bicyclic) bond motifs is 2. The van der Waals surface area contributed by atoms with E-state index in [1.807, 2.05) is 0 Å². The molecule has 2 aromatic rings. The van der Waals surface area contributed by atoms with Gasteiger partial charge in [-0.15, -0.1) is 0 Å². The summed E-state index contributed by atoms with van der Waals surface area (Å²) < 4.78 is 31.5. The Morgan fingerprint density at radius 3 is 2.41 bits per heavy atom. The van der Waals surface area contributed by atoms with Crippen LogP contribution in [0.2, 0.25) is 0 Å². The number of hydrogen-bond donors (Lipinski definition) is 2. The Hall–Kier alpha value is -2.98. The smallest absolute Gasteiger partial charge is 0.430 e. The molecule has 0 bridgehead atoms. The monoisotopic (exact) mass is 616 g/mol. The van der Waals surface area contributed by atoms with Gasteiger partial charge < -0.3 is 25.4 Å². The summed E-state index contributed by atoms with van der Waals surface area (Å²) in [6.07, 6.45) is 4.69. The molecule has 1 aromatic heterocycles. The van der Waals surface area contributed by atoms with E-state index in [1.54, 1.807) is 0 Å². The number of carboxylic acids is 1. The second kappa shape index (κ2) is 13.6. The van der Waals surface area contributed by atoms with E-state index in [0.29, 0.717) is 29.8 Å². The van der Waals surface area contributed by atoms with Crippen molar-refractivity contribution in [2.75, 3.05) is 26.2 Å². The lowest BCUT2D eigenvalue weighted by atomic mass is 9.70. The molecule has 1 aromatic carbocycles. The predicted octanol–water partition coefficient (Wildman–Crippen LogP) is 1.40. The van der Waals surface area contributed by atoms with E-state index in [2.05, 4.69) is 76.8 Å². The second-order valence-corrected chi connectivity index (χ2v) is 13.5. The van der Waals surface area contributed by atoms with E-state index in [1.165, 1.54) is 54.6 Å². The van der Waals surface area contributed by atoms with Gasteiger partial charge in [-0.3, -0.25) is 4.79 Å². The van der Waals surface area contributed by atoms with Crippen LogP contribution in [0.1, 0.15) is 80.3 Å². The minimum atomic E-state index is -5.19. The number of carboxylic acid groups (broad SMARTS) is 1. The second-order valence-electron chi connectivity index (χ2n) is 13.5. The highest BCUT2D eigenvalue weighted by Gasteiger charge is 2.58. The number of likely N-dealkylation sites (tertiary alicyclic amines) is 1. The van der Waals surface area contributed by atoms with Crippen LogP contribution in [0.15, 0.2) is 42.5 Å². The van der Waals surface area contributed by atoms with Crippen LogP contribution in [0.4, 0.5) is 13.2 Å². The number of carbonyl (C=O) groups is 2. The highest BCUT2D eigenvalue weighted by Crippen LogP contribution is 2.42. The highest BCUT2D eigenvalue weighted by atomic mass is 19.4. The molecule has 1 spiro atoms. The Balaban J connectivity index is 0.000000493. The zero-order valence-corrected chi connectivity index (χ0v) is 25.9. The number of hydrogen-bond acceptors (Lipinski definition) is 3. The fourth-order valence-corrected chi connectivity index (χ4v) is 8.41. The van der Waals surface area contributed by atoms with Gasteiger partial charge >= 0.3 is 6.18 Å². The molecular formula is C34H47F3N4O3+2. The Kier molecular flexibility index (Phi) is 9.99. The Labute approximate surface area is 258 Å². The number of aryl methyl sites for hydroxylation is 1. The first-order chi connectivity index (χ1) is 21.0. The number of carbonyl (C=O) groups excluding carboxylic acids is 2. The van der Waals surface area contributed by atoms with Crippen molar-refractivity contribution >= 4 is 11.9 Å². The van der Waals surface area contributed by atoms with Crippen LogP contribution in [0.5, 0.6) is 0 Å². The molecule has 5 N–H and O–H groups in total. The summed E-state index contributed by atoms with van der Waals surface area (Å²) in [6.45, 7) is 8.36. The lowest BCUT2D eigenvalue weighted by Gasteiger charge is -2.46. The summed E-state index contributed by atoms with van der Waals surface area (Å²) in [6, 6.07) is 16.6. The summed E-state index contributed by atoms with van der Waals surface area (Å²) in [5, 5.41) is 13.7. The number of pyridine rings is 1. The Morgan fingerprint density at radius 1 is 1.02 bits per heavy atom. The number of quaternary nitrogens is 2. The van der Waals surface area contributed by atoms with E-state index < -0.39 is 12.1 Å². The molecule has 2 unspecified atom stereocenters. The quantitative estimate of drug-likeness (QED) is 0.545. The van der Waals surface area contributed by atoms with Crippen LogP contribution in [0, 0.1) is 18.8 Å². The average Bonchev–Trinajstić information content (AvgIpc) is 3.39. The van der Waals surface area contributed by atoms with Crippen LogP contribution in [0.3, 0.4) is 0 Å². The minimum Gasteiger partial charge on any atom is -0.542 e. The molecule has 6 rings (SSSR count). The molecule has 44 heavy (non-hydrogen) atoms. The third-order valence-corrected chi connectivity index (χ3v) is 10.6. The number of nitrogens with zero attached hydrogens (tertiary/aromatic N) is 1. The number of nitrogens with one attached hydrogen (secondary N) is 1. The molecule has 5 atom stereocenters. The van der Waals surface area contributed by atoms with Gasteiger partial charge in [-0.05, 0) is 56.1 Å². The topological polar surface area (TPSA) is 108 Å². The Morgan fingerprint density at radius 2 is 1.73 bits per heavy atom. The number of benzene rings is 1. The number of rotatable bonds is 3. The summed E-state index contributed by atoms with van der Waals surface area (Å²) in [4.78, 5) is 29.6. The van der Waals surface area contributed by atoms with Gasteiger partial charge in [0.2, 0.25) is 5.91 Å². The lowest BCUT2D eigenvalue weighted by Crippen LogP contribution is -2.93. The maximum atomic E-state index is 14.7. The number of aliphatic carboxylic acids is 1. The van der Waals surface area contributed by atoms with E-state index in [0.717, 1.165) is 45.4 Å². The van der Waals surface area contributed by atoms with Gasteiger partial charge in [-0.2, -0.15) is 13.2 Å². The van der Waals surface area contributed by atoms with Gasteiger partial charge in [0.1, 0.15) is 17.3 Å². The molecule has 1 amide bonds. The lowest BCUT2D eigenvalue weighted by molar-refractivity contribution is -0.698. The number of aromatic amines is 1. The first-order valence-electron chi connectivity index (χ1n) is 16.3. The molecule has 1 saturated carbocycles. The third kappa shape index (κ3) is 6.96. The molecular weight excluding hydrogens is 569 g/mol. The largest absolute Gasteiger partial charge is 0.542 e. The first kappa shape index (κ1) is 32.4. The zero-order valence-electron chi connectivity index (χ0n) is 25.9. The molecule has 2 saturated heterocycles. The van der Waals surface area contributed by atoms with Crippen LogP contribution in [0.25, 0.3) is 0 Å². The molecule has 1 aliphatic carbocycles. The number of aromatic nitrogens is 1. The number of piperidine rings is 1. The van der Waals surface area contributed by atoms with E-state index in [-0.39, 0.29) is 11.3 Å². The van der Waals surface area contributed by atoms with E-state index >= 15 is 0 Å². The summed E-state index contributed by atoms with van der Waals surface area (Å²) in [7, 11) is 0. The van der Waals surface area contributed by atoms with Crippen molar-refractivity contribution in [3.05, 3.63) is 65.0 Å². The average molecular weight is 617 g/mol. The van der Waals surface area contributed by atoms with Crippen LogP contribution in [-0.2, 0) is 21.4 Å². The molecule has 3 aliphatic heterocycles. The van der Waals surface area contributed by atoms with Crippen LogP contribution >= 0.6 is 0 Å². The van der Waals surface area contributed by atoms with Gasteiger partial charge in [0, 0.05) is 31.1 Å². The Bertz CT molecular complexity index is 1300. The summed E-state index contributed by atoms with van der Waals surface area (Å²) in [5.41, 5.74) is 5.37. The minimum absolute atomic E-state index is 0.0586. The number of alkyl halides is 3. The normalized spacial score (nSPS) is 29.3. The van der Waals surface area contributed by atoms with E-state index in [4.69, 9.17) is 9.90 Å². The van der Waals surface area contributed by atoms with Crippen molar-refractivity contribution in [1.29, 1.82) is 0 Å².